The first-order valence-corrected chi connectivity index (χ1v) is 29.5. The summed E-state index contributed by atoms with van der Waals surface area (Å²) in [7, 11) is 0. The molecule has 31 heteroatoms. The highest BCUT2D eigenvalue weighted by Gasteiger charge is 2.31. The number of benzene rings is 2. The molecule has 484 valence electrons. The van der Waals surface area contributed by atoms with Crippen LogP contribution in [-0.2, 0) is 89.0 Å². The van der Waals surface area contributed by atoms with Crippen LogP contribution in [-0.4, -0.2) is 211 Å². The van der Waals surface area contributed by atoms with Gasteiger partial charge in [0.15, 0.2) is 22.7 Å². The van der Waals surface area contributed by atoms with Crippen molar-refractivity contribution in [2.24, 2.45) is 10.7 Å². The Hall–Kier alpha value is -6.20. The van der Waals surface area contributed by atoms with Crippen LogP contribution in [0.2, 0.25) is 0 Å². The number of hydrogen-bond donors (Lipinski definition) is 4. The second-order valence-electron chi connectivity index (χ2n) is 18.8. The normalized spacial score (nSPS) is 13.4. The highest BCUT2D eigenvalue weighted by atomic mass is 32.2. The minimum absolute atomic E-state index is 0.0301. The summed E-state index contributed by atoms with van der Waals surface area (Å²) >= 11 is -3.36. The van der Waals surface area contributed by atoms with E-state index in [9.17, 15) is 40.9 Å². The van der Waals surface area contributed by atoms with Gasteiger partial charge in [-0.2, -0.15) is 8.78 Å². The van der Waals surface area contributed by atoms with Crippen LogP contribution in [0, 0.1) is 23.3 Å². The van der Waals surface area contributed by atoms with Crippen molar-refractivity contribution in [3.8, 4) is 16.9 Å². The van der Waals surface area contributed by atoms with E-state index in [4.69, 9.17) is 67.2 Å². The van der Waals surface area contributed by atoms with Gasteiger partial charge in [-0.1, -0.05) is 19.1 Å². The molecule has 0 spiro atoms. The van der Waals surface area contributed by atoms with Crippen molar-refractivity contribution in [1.29, 1.82) is 0 Å². The number of carbonyl (C=O) groups excluding carboxylic acids is 4. The maximum Gasteiger partial charge on any atom is 0.407 e. The lowest BCUT2D eigenvalue weighted by Crippen LogP contribution is -2.38. The van der Waals surface area contributed by atoms with Crippen LogP contribution in [0.5, 0.6) is 5.75 Å². The molecule has 1 aromatic heterocycles. The van der Waals surface area contributed by atoms with Gasteiger partial charge >= 0.3 is 12.1 Å². The molecule has 0 radical (unpaired) electrons. The summed E-state index contributed by atoms with van der Waals surface area (Å²) in [6, 6.07) is 5.57. The third kappa shape index (κ3) is 27.4. The Labute approximate surface area is 503 Å². The number of aromatic nitrogens is 2. The smallest absolute Gasteiger partial charge is 0.407 e. The van der Waals surface area contributed by atoms with E-state index in [0.717, 1.165) is 30.4 Å². The number of carbonyl (C=O) groups is 4. The van der Waals surface area contributed by atoms with Gasteiger partial charge in [0.2, 0.25) is 23.3 Å². The number of aliphatic imine (C=N–C) groups is 1. The van der Waals surface area contributed by atoms with Crippen molar-refractivity contribution in [2.45, 2.75) is 69.4 Å². The molecule has 1 aliphatic heterocycles. The Morgan fingerprint density at radius 3 is 1.63 bits per heavy atom. The lowest BCUT2D eigenvalue weighted by Gasteiger charge is -2.25. The average Bonchev–Trinajstić information content (AvgIpc) is 2.13. The first kappa shape index (κ1) is 71.6. The summed E-state index contributed by atoms with van der Waals surface area (Å²) in [5.41, 5.74) is 9.49. The summed E-state index contributed by atoms with van der Waals surface area (Å²) in [4.78, 5) is 67.3. The topological polar surface area (TPSA) is 317 Å². The summed E-state index contributed by atoms with van der Waals surface area (Å²) in [5, 5.41) is 6.74. The van der Waals surface area contributed by atoms with Gasteiger partial charge in [0.05, 0.1) is 157 Å². The number of hydroxylamine groups is 2. The summed E-state index contributed by atoms with van der Waals surface area (Å²) in [6.45, 7) is 8.51. The largest absolute Gasteiger partial charge is 0.446 e. The number of nitrogens with one attached hydrogen (secondary N) is 2. The number of nitrogens with two attached hydrogens (primary N) is 1. The van der Waals surface area contributed by atoms with Gasteiger partial charge in [-0.15, -0.1) is 0 Å². The van der Waals surface area contributed by atoms with Gasteiger partial charge in [0.1, 0.15) is 22.7 Å². The van der Waals surface area contributed by atoms with Crippen molar-refractivity contribution in [2.75, 3.05) is 152 Å². The standard InChI is InChI=1S/C56H77F4N7O19S/c1-2-11-67(84-14-10-62-56(71)85-43-4-3-5-43)55(70)41-33-40-7-6-39(34-44(40)66-45(61)35-41)42-36-63-46(64-37-42)38-65-47(68)8-12-74-15-17-76-19-21-78-23-25-80-27-29-82-31-32-83-30-28-81-26-24-79-22-20-77-18-16-75-13-9-48(69)86-53-49(57)51(59)54(87(72)73)52(60)50(53)58/h6-7,33-34,36-37,43H,2-5,8-32,35,38H2,1H3,(H2,61,66)(H,62,71)(H,65,68)(H,72,73). The van der Waals surface area contributed by atoms with Crippen LogP contribution in [0.1, 0.15) is 63.3 Å². The molecule has 1 aliphatic carbocycles. The lowest BCUT2D eigenvalue weighted by atomic mass is 9.96. The van der Waals surface area contributed by atoms with E-state index in [-0.39, 0.29) is 95.9 Å². The number of fused-ring (bicyclic) bond motifs is 1. The van der Waals surface area contributed by atoms with Gasteiger partial charge in [0.25, 0.3) is 5.91 Å². The quantitative estimate of drug-likeness (QED) is 0.0114. The number of hydrogen-bond acceptors (Lipinski definition) is 22. The lowest BCUT2D eigenvalue weighted by molar-refractivity contribution is -0.181. The Morgan fingerprint density at radius 1 is 0.667 bits per heavy atom. The first-order valence-electron chi connectivity index (χ1n) is 28.3. The number of halogens is 4. The fourth-order valence-corrected chi connectivity index (χ4v) is 8.03. The number of ether oxygens (including phenoxy) is 12. The maximum atomic E-state index is 14.0. The highest BCUT2D eigenvalue weighted by Crippen LogP contribution is 2.33. The number of amides is 3. The van der Waals surface area contributed by atoms with Gasteiger partial charge in [-0.05, 0) is 43.4 Å². The molecule has 2 heterocycles. The molecular weight excluding hydrogens is 1180 g/mol. The van der Waals surface area contributed by atoms with E-state index in [1.165, 1.54) is 5.06 Å². The monoisotopic (exact) mass is 1260 g/mol. The number of nitrogens with zero attached hydrogens (tertiary/aromatic N) is 4. The second kappa shape index (κ2) is 41.9. The molecule has 1 fully saturated rings. The molecule has 0 saturated heterocycles. The van der Waals surface area contributed by atoms with E-state index in [0.29, 0.717) is 128 Å². The van der Waals surface area contributed by atoms with Gasteiger partial charge in [-0.25, -0.2) is 37.8 Å². The fourth-order valence-electron chi connectivity index (χ4n) is 7.55. The predicted octanol–water partition coefficient (Wildman–Crippen LogP) is 4.67. The van der Waals surface area contributed by atoms with Crippen molar-refractivity contribution >= 4 is 52.6 Å². The molecule has 1 atom stereocenters. The molecule has 87 heavy (non-hydrogen) atoms. The molecule has 3 amide bonds. The molecular formula is C56H77F4N7O19S. The van der Waals surface area contributed by atoms with Gasteiger partial charge in [0, 0.05) is 55.0 Å². The molecule has 2 aliphatic rings. The minimum Gasteiger partial charge on any atom is -0.446 e. The molecule has 3 aromatic rings. The van der Waals surface area contributed by atoms with E-state index in [1.807, 2.05) is 25.1 Å². The molecule has 5 rings (SSSR count). The summed E-state index contributed by atoms with van der Waals surface area (Å²) in [6.07, 6.45) is 7.75. The van der Waals surface area contributed by atoms with Crippen LogP contribution in [0.25, 0.3) is 17.2 Å². The van der Waals surface area contributed by atoms with Gasteiger partial charge < -0.3 is 77.8 Å². The van der Waals surface area contributed by atoms with E-state index in [2.05, 4.69) is 30.3 Å². The zero-order valence-corrected chi connectivity index (χ0v) is 49.4. The fraction of sp³-hybridized carbons (Fsp3) is 0.589. The molecule has 0 bridgehead atoms. The van der Waals surface area contributed by atoms with Crippen LogP contribution < -0.4 is 21.1 Å². The summed E-state index contributed by atoms with van der Waals surface area (Å²) < 4.78 is 139. The number of alkyl carbamates (subject to hydrolysis) is 1. The van der Waals surface area contributed by atoms with Crippen molar-refractivity contribution < 1.29 is 107 Å². The Kier molecular flexibility index (Phi) is 34.4. The minimum atomic E-state index is -3.36. The van der Waals surface area contributed by atoms with Crippen molar-refractivity contribution in [3.05, 3.63) is 70.8 Å². The SMILES string of the molecule is CCCN(OCCNC(=O)OC1CCC1)C(=O)C1=Cc2ccc(-c3cnc(CNC(=O)CCOCCOCCOCCOCCOCCOCCOCCOCCOCCOCCC(=O)Oc4c(F)c(F)c(S(=O)O)c(F)c4F)nc3)cc2N=C(N)C1. The number of rotatable bonds is 46. The Morgan fingerprint density at radius 2 is 1.16 bits per heavy atom. The highest BCUT2D eigenvalue weighted by molar-refractivity contribution is 7.79. The van der Waals surface area contributed by atoms with Crippen molar-refractivity contribution in [3.63, 3.8) is 0 Å². The third-order valence-electron chi connectivity index (χ3n) is 12.2. The van der Waals surface area contributed by atoms with E-state index >= 15 is 0 Å². The zero-order valence-electron chi connectivity index (χ0n) is 48.5. The number of amidine groups is 1. The molecule has 1 unspecified atom stereocenters. The van der Waals surface area contributed by atoms with Crippen LogP contribution in [0.15, 0.2) is 46.1 Å². The second-order valence-corrected chi connectivity index (χ2v) is 19.7. The molecule has 5 N–H and O–H groups in total. The van der Waals surface area contributed by atoms with E-state index < -0.39 is 63.5 Å². The average molecular weight is 1260 g/mol. The zero-order chi connectivity index (χ0) is 62.4. The van der Waals surface area contributed by atoms with Crippen molar-refractivity contribution in [1.82, 2.24) is 25.7 Å². The van der Waals surface area contributed by atoms with Crippen LogP contribution in [0.4, 0.5) is 28.0 Å². The van der Waals surface area contributed by atoms with E-state index in [1.54, 1.807) is 18.5 Å². The third-order valence-corrected chi connectivity index (χ3v) is 12.9. The van der Waals surface area contributed by atoms with Gasteiger partial charge in [-0.3, -0.25) is 19.2 Å². The Bertz CT molecular complexity index is 2650. The molecule has 26 nitrogen and oxygen atoms in total. The summed E-state index contributed by atoms with van der Waals surface area (Å²) in [5.74, 6) is -11.4. The predicted molar refractivity (Wildman–Crippen MR) is 302 cm³/mol. The molecule has 2 aromatic carbocycles. The maximum absolute atomic E-state index is 14.0. The van der Waals surface area contributed by atoms with Crippen LogP contribution >= 0.6 is 0 Å². The van der Waals surface area contributed by atoms with Crippen LogP contribution in [0.3, 0.4) is 0 Å². The first-order chi connectivity index (χ1) is 42.2. The molecule has 1 saturated carbocycles. The number of esters is 1. The Balaban J connectivity index is 0.755.